The van der Waals surface area contributed by atoms with E-state index < -0.39 is 10.0 Å². The molecule has 2 heterocycles. The van der Waals surface area contributed by atoms with Crippen LogP contribution in [0.2, 0.25) is 0 Å². The molecule has 1 aliphatic carbocycles. The zero-order valence-electron chi connectivity index (χ0n) is 16.7. The number of carbonyl (C=O) groups excluding carboxylic acids is 1. The summed E-state index contributed by atoms with van der Waals surface area (Å²) in [4.78, 5) is 14.7. The Morgan fingerprint density at radius 1 is 1.03 bits per heavy atom. The molecule has 2 unspecified atom stereocenters. The van der Waals surface area contributed by atoms with Crippen molar-refractivity contribution in [3.8, 4) is 5.75 Å². The van der Waals surface area contributed by atoms with Crippen LogP contribution in [0.4, 0.5) is 4.79 Å². The van der Waals surface area contributed by atoms with E-state index in [1.165, 1.54) is 10.7 Å². The van der Waals surface area contributed by atoms with Gasteiger partial charge in [0.15, 0.2) is 0 Å². The van der Waals surface area contributed by atoms with E-state index in [9.17, 15) is 13.2 Å². The van der Waals surface area contributed by atoms with Gasteiger partial charge < -0.3 is 19.7 Å². The highest BCUT2D eigenvalue weighted by molar-refractivity contribution is 7.89. The monoisotopic (exact) mass is 423 g/mol. The molecular formula is C20H29N3O5S. The van der Waals surface area contributed by atoms with Gasteiger partial charge in [-0.25, -0.2) is 13.2 Å². The SMILES string of the molecule is COc1ccc(S(=O)(=O)N2CC3CN(C(=O)NC4CCCCC4)CC(C2)O3)cc1. The van der Waals surface area contributed by atoms with Crippen molar-refractivity contribution in [3.05, 3.63) is 24.3 Å². The molecule has 1 aromatic rings. The van der Waals surface area contributed by atoms with Crippen LogP contribution in [0.25, 0.3) is 0 Å². The number of carbonyl (C=O) groups is 1. The van der Waals surface area contributed by atoms with E-state index in [1.807, 2.05) is 0 Å². The minimum absolute atomic E-state index is 0.0540. The fourth-order valence-electron chi connectivity index (χ4n) is 4.43. The number of nitrogens with zero attached hydrogens (tertiary/aromatic N) is 2. The van der Waals surface area contributed by atoms with Gasteiger partial charge in [-0.2, -0.15) is 4.31 Å². The van der Waals surface area contributed by atoms with Crippen LogP contribution in [0.15, 0.2) is 29.2 Å². The molecule has 0 radical (unpaired) electrons. The maximum atomic E-state index is 13.0. The second kappa shape index (κ2) is 8.49. The summed E-state index contributed by atoms with van der Waals surface area (Å²) in [7, 11) is -2.07. The van der Waals surface area contributed by atoms with Gasteiger partial charge in [0.25, 0.3) is 0 Å². The average molecular weight is 424 g/mol. The Hall–Kier alpha value is -1.84. The van der Waals surface area contributed by atoms with Crippen molar-refractivity contribution in [1.29, 1.82) is 0 Å². The number of morpholine rings is 2. The molecule has 160 valence electrons. The second-order valence-corrected chi connectivity index (χ2v) is 10.0. The van der Waals surface area contributed by atoms with Gasteiger partial charge in [0.05, 0.1) is 37.3 Å². The van der Waals surface area contributed by atoms with Gasteiger partial charge in [-0.15, -0.1) is 0 Å². The molecule has 2 atom stereocenters. The van der Waals surface area contributed by atoms with Crippen molar-refractivity contribution in [2.75, 3.05) is 33.3 Å². The first-order chi connectivity index (χ1) is 14.0. The molecule has 9 heteroatoms. The van der Waals surface area contributed by atoms with E-state index in [4.69, 9.17) is 9.47 Å². The third kappa shape index (κ3) is 4.51. The van der Waals surface area contributed by atoms with Crippen LogP contribution in [0.5, 0.6) is 5.75 Å². The summed E-state index contributed by atoms with van der Waals surface area (Å²) in [6.45, 7) is 1.31. The molecule has 29 heavy (non-hydrogen) atoms. The largest absolute Gasteiger partial charge is 0.497 e. The summed E-state index contributed by atoms with van der Waals surface area (Å²) in [6.07, 6.45) is 5.02. The zero-order chi connectivity index (χ0) is 20.4. The fourth-order valence-corrected chi connectivity index (χ4v) is 5.93. The predicted molar refractivity (Wildman–Crippen MR) is 107 cm³/mol. The highest BCUT2D eigenvalue weighted by Crippen LogP contribution is 2.26. The van der Waals surface area contributed by atoms with Gasteiger partial charge in [-0.3, -0.25) is 0 Å². The minimum Gasteiger partial charge on any atom is -0.497 e. The maximum absolute atomic E-state index is 13.0. The summed E-state index contributed by atoms with van der Waals surface area (Å²) in [5, 5.41) is 3.14. The molecule has 2 bridgehead atoms. The van der Waals surface area contributed by atoms with Gasteiger partial charge in [-0.1, -0.05) is 19.3 Å². The Kier molecular flexibility index (Phi) is 5.98. The molecule has 4 rings (SSSR count). The Morgan fingerprint density at radius 3 is 2.24 bits per heavy atom. The van der Waals surface area contributed by atoms with Crippen LogP contribution in [-0.4, -0.2) is 75.2 Å². The lowest BCUT2D eigenvalue weighted by molar-refractivity contribution is -0.111. The van der Waals surface area contributed by atoms with E-state index in [-0.39, 0.29) is 42.3 Å². The first kappa shape index (κ1) is 20.4. The fraction of sp³-hybridized carbons (Fsp3) is 0.650. The number of benzene rings is 1. The quantitative estimate of drug-likeness (QED) is 0.798. The first-order valence-electron chi connectivity index (χ1n) is 10.3. The summed E-state index contributed by atoms with van der Waals surface area (Å²) in [6, 6.07) is 6.61. The second-order valence-electron chi connectivity index (χ2n) is 8.07. The molecule has 3 aliphatic rings. The Morgan fingerprint density at radius 2 is 1.66 bits per heavy atom. The Labute approximate surface area is 172 Å². The molecule has 2 amide bonds. The number of rotatable bonds is 4. The van der Waals surface area contributed by atoms with Gasteiger partial charge in [-0.05, 0) is 37.1 Å². The number of hydrogen-bond acceptors (Lipinski definition) is 5. The Bertz CT molecular complexity index is 809. The average Bonchev–Trinajstić information content (AvgIpc) is 2.73. The van der Waals surface area contributed by atoms with E-state index in [0.717, 1.165) is 25.7 Å². The lowest BCUT2D eigenvalue weighted by atomic mass is 9.96. The Balaban J connectivity index is 1.39. The van der Waals surface area contributed by atoms with Crippen LogP contribution in [0.1, 0.15) is 32.1 Å². The van der Waals surface area contributed by atoms with E-state index in [2.05, 4.69) is 5.32 Å². The summed E-state index contributed by atoms with van der Waals surface area (Å²) in [5.74, 6) is 0.613. The third-order valence-electron chi connectivity index (χ3n) is 5.96. The van der Waals surface area contributed by atoms with Gasteiger partial charge >= 0.3 is 6.03 Å². The summed E-state index contributed by atoms with van der Waals surface area (Å²) in [5.41, 5.74) is 0. The van der Waals surface area contributed by atoms with Crippen molar-refractivity contribution in [3.63, 3.8) is 0 Å². The highest BCUT2D eigenvalue weighted by Gasteiger charge is 2.41. The van der Waals surface area contributed by atoms with Crippen molar-refractivity contribution in [1.82, 2.24) is 14.5 Å². The molecular weight excluding hydrogens is 394 g/mol. The number of nitrogens with one attached hydrogen (secondary N) is 1. The van der Waals surface area contributed by atoms with Crippen LogP contribution < -0.4 is 10.1 Å². The molecule has 0 aromatic heterocycles. The van der Waals surface area contributed by atoms with Crippen LogP contribution in [-0.2, 0) is 14.8 Å². The topological polar surface area (TPSA) is 88.2 Å². The highest BCUT2D eigenvalue weighted by atomic mass is 32.2. The molecule has 1 N–H and O–H groups in total. The molecule has 3 fully saturated rings. The van der Waals surface area contributed by atoms with Gasteiger partial charge in [0.2, 0.25) is 10.0 Å². The molecule has 0 spiro atoms. The lowest BCUT2D eigenvalue weighted by Crippen LogP contribution is -2.63. The van der Waals surface area contributed by atoms with Crippen molar-refractivity contribution in [2.24, 2.45) is 0 Å². The zero-order valence-corrected chi connectivity index (χ0v) is 17.6. The maximum Gasteiger partial charge on any atom is 0.317 e. The number of methoxy groups -OCH3 is 1. The van der Waals surface area contributed by atoms with Crippen molar-refractivity contribution >= 4 is 16.1 Å². The minimum atomic E-state index is -3.61. The predicted octanol–water partition coefficient (Wildman–Crippen LogP) is 1.81. The number of amides is 2. The van der Waals surface area contributed by atoms with Crippen molar-refractivity contribution in [2.45, 2.75) is 55.2 Å². The van der Waals surface area contributed by atoms with Crippen LogP contribution in [0, 0.1) is 0 Å². The number of urea groups is 1. The number of fused-ring (bicyclic) bond motifs is 2. The lowest BCUT2D eigenvalue weighted by Gasteiger charge is -2.45. The summed E-state index contributed by atoms with van der Waals surface area (Å²) >= 11 is 0. The van der Waals surface area contributed by atoms with E-state index in [0.29, 0.717) is 18.8 Å². The first-order valence-corrected chi connectivity index (χ1v) is 11.7. The molecule has 1 saturated carbocycles. The smallest absolute Gasteiger partial charge is 0.317 e. The number of ether oxygens (including phenoxy) is 2. The van der Waals surface area contributed by atoms with Crippen LogP contribution >= 0.6 is 0 Å². The standard InChI is InChI=1S/C20H29N3O5S/c1-27-16-7-9-19(10-8-16)29(25,26)23-13-17-11-22(12-18(14-23)28-17)20(24)21-15-5-3-2-4-6-15/h7-10,15,17-18H,2-6,11-14H2,1H3,(H,21,24). The van der Waals surface area contributed by atoms with Gasteiger partial charge in [0.1, 0.15) is 5.75 Å². The van der Waals surface area contributed by atoms with Gasteiger partial charge in [0, 0.05) is 19.1 Å². The van der Waals surface area contributed by atoms with Crippen molar-refractivity contribution < 1.29 is 22.7 Å². The number of sulfonamides is 1. The molecule has 2 saturated heterocycles. The molecule has 1 aromatic carbocycles. The van der Waals surface area contributed by atoms with E-state index >= 15 is 0 Å². The molecule has 2 aliphatic heterocycles. The molecule has 8 nitrogen and oxygen atoms in total. The third-order valence-corrected chi connectivity index (χ3v) is 7.81. The normalized spacial score (nSPS) is 26.2. The summed E-state index contributed by atoms with van der Waals surface area (Å²) < 4.78 is 38.6. The van der Waals surface area contributed by atoms with E-state index in [1.54, 1.807) is 36.3 Å². The number of hydrogen-bond donors (Lipinski definition) is 1. The van der Waals surface area contributed by atoms with Crippen LogP contribution in [0.3, 0.4) is 0 Å².